The van der Waals surface area contributed by atoms with Crippen molar-refractivity contribution in [1.29, 1.82) is 0 Å². The highest BCUT2D eigenvalue weighted by Crippen LogP contribution is 2.22. The molecular formula is C18H26ClN3O. The van der Waals surface area contributed by atoms with E-state index in [1.54, 1.807) is 0 Å². The number of hydrogen-bond donors (Lipinski definition) is 1. The van der Waals surface area contributed by atoms with Gasteiger partial charge in [-0.05, 0) is 45.8 Å². The standard InChI is InChI=1S/C18H25N3O.ClH/c1-14-5-7-16(8-6-14)18-10-17(22-20-18)13-21-9-3-4-15(12-21)11-19-2;/h5-8,10,15,19H,3-4,9,11-13H2,1-2H3;1H. The minimum Gasteiger partial charge on any atom is -0.359 e. The van der Waals surface area contributed by atoms with Crippen LogP contribution in [0.3, 0.4) is 0 Å². The number of hydrogen-bond acceptors (Lipinski definition) is 4. The Labute approximate surface area is 144 Å². The highest BCUT2D eigenvalue weighted by Gasteiger charge is 2.20. The van der Waals surface area contributed by atoms with Gasteiger partial charge in [0.2, 0.25) is 0 Å². The number of aromatic nitrogens is 1. The van der Waals surface area contributed by atoms with Crippen LogP contribution in [0.15, 0.2) is 34.9 Å². The molecule has 1 atom stereocenters. The van der Waals surface area contributed by atoms with Crippen LogP contribution in [0.5, 0.6) is 0 Å². The van der Waals surface area contributed by atoms with E-state index in [4.69, 9.17) is 4.52 Å². The smallest absolute Gasteiger partial charge is 0.151 e. The molecule has 1 saturated heterocycles. The second-order valence-electron chi connectivity index (χ2n) is 6.35. The molecule has 0 radical (unpaired) electrons. The van der Waals surface area contributed by atoms with Crippen molar-refractivity contribution in [2.75, 3.05) is 26.7 Å². The summed E-state index contributed by atoms with van der Waals surface area (Å²) in [6.45, 7) is 6.35. The van der Waals surface area contributed by atoms with Crippen molar-refractivity contribution in [1.82, 2.24) is 15.4 Å². The van der Waals surface area contributed by atoms with E-state index in [0.29, 0.717) is 0 Å². The van der Waals surface area contributed by atoms with E-state index in [-0.39, 0.29) is 12.4 Å². The monoisotopic (exact) mass is 335 g/mol. The molecule has 5 heteroatoms. The Bertz CT molecular complexity index is 595. The van der Waals surface area contributed by atoms with Crippen LogP contribution in [0.1, 0.15) is 24.2 Å². The molecule has 126 valence electrons. The summed E-state index contributed by atoms with van der Waals surface area (Å²) in [7, 11) is 2.03. The van der Waals surface area contributed by atoms with Crippen molar-refractivity contribution in [2.45, 2.75) is 26.3 Å². The third-order valence-electron chi connectivity index (χ3n) is 4.38. The number of benzene rings is 1. The van der Waals surface area contributed by atoms with Crippen LogP contribution in [-0.2, 0) is 6.54 Å². The SMILES string of the molecule is CNCC1CCCN(Cc2cc(-c3ccc(C)cc3)no2)C1.Cl. The van der Waals surface area contributed by atoms with Gasteiger partial charge in [-0.1, -0.05) is 35.0 Å². The molecule has 0 bridgehead atoms. The van der Waals surface area contributed by atoms with Crippen LogP contribution < -0.4 is 5.32 Å². The first-order valence-corrected chi connectivity index (χ1v) is 8.14. The molecule has 0 amide bonds. The second-order valence-corrected chi connectivity index (χ2v) is 6.35. The van der Waals surface area contributed by atoms with E-state index >= 15 is 0 Å². The van der Waals surface area contributed by atoms with Gasteiger partial charge in [-0.3, -0.25) is 4.90 Å². The number of nitrogens with one attached hydrogen (secondary N) is 1. The van der Waals surface area contributed by atoms with Gasteiger partial charge in [0.1, 0.15) is 5.69 Å². The third kappa shape index (κ3) is 4.80. The van der Waals surface area contributed by atoms with Gasteiger partial charge in [0.15, 0.2) is 5.76 Å². The van der Waals surface area contributed by atoms with Crippen LogP contribution >= 0.6 is 12.4 Å². The molecule has 0 saturated carbocycles. The van der Waals surface area contributed by atoms with Crippen LogP contribution in [0.25, 0.3) is 11.3 Å². The number of aryl methyl sites for hydroxylation is 1. The molecule has 1 aromatic carbocycles. The van der Waals surface area contributed by atoms with E-state index in [1.807, 2.05) is 7.05 Å². The topological polar surface area (TPSA) is 41.3 Å². The minimum atomic E-state index is 0. The van der Waals surface area contributed by atoms with E-state index in [9.17, 15) is 0 Å². The molecule has 1 aliphatic rings. The highest BCUT2D eigenvalue weighted by atomic mass is 35.5. The number of nitrogens with zero attached hydrogens (tertiary/aromatic N) is 2. The molecule has 0 aliphatic carbocycles. The third-order valence-corrected chi connectivity index (χ3v) is 4.38. The molecule has 1 aliphatic heterocycles. The Balaban J connectivity index is 0.00000192. The van der Waals surface area contributed by atoms with E-state index < -0.39 is 0 Å². The van der Waals surface area contributed by atoms with Crippen LogP contribution in [-0.4, -0.2) is 36.7 Å². The van der Waals surface area contributed by atoms with Gasteiger partial charge in [-0.15, -0.1) is 12.4 Å². The summed E-state index contributed by atoms with van der Waals surface area (Å²) >= 11 is 0. The molecule has 1 unspecified atom stereocenters. The lowest BCUT2D eigenvalue weighted by atomic mass is 9.98. The Kier molecular flexibility index (Phi) is 6.63. The predicted molar refractivity (Wildman–Crippen MR) is 95.9 cm³/mol. The van der Waals surface area contributed by atoms with Crippen LogP contribution in [0.2, 0.25) is 0 Å². The van der Waals surface area contributed by atoms with E-state index in [2.05, 4.69) is 52.6 Å². The van der Waals surface area contributed by atoms with E-state index in [0.717, 1.165) is 49.1 Å². The summed E-state index contributed by atoms with van der Waals surface area (Å²) in [5.74, 6) is 1.71. The average molecular weight is 336 g/mol. The fraction of sp³-hybridized carbons (Fsp3) is 0.500. The maximum atomic E-state index is 5.54. The van der Waals surface area contributed by atoms with Gasteiger partial charge < -0.3 is 9.84 Å². The summed E-state index contributed by atoms with van der Waals surface area (Å²) in [6.07, 6.45) is 2.59. The van der Waals surface area contributed by atoms with E-state index in [1.165, 1.54) is 18.4 Å². The summed E-state index contributed by atoms with van der Waals surface area (Å²) in [5, 5.41) is 7.51. The molecule has 2 heterocycles. The molecular weight excluding hydrogens is 310 g/mol. The predicted octanol–water partition coefficient (Wildman–Crippen LogP) is 3.50. The maximum Gasteiger partial charge on any atom is 0.151 e. The second kappa shape index (κ2) is 8.48. The first kappa shape index (κ1) is 18.0. The van der Waals surface area contributed by atoms with Gasteiger partial charge in [0.25, 0.3) is 0 Å². The fourth-order valence-electron chi connectivity index (χ4n) is 3.22. The zero-order valence-corrected chi connectivity index (χ0v) is 14.7. The molecule has 1 aromatic heterocycles. The van der Waals surface area contributed by atoms with Crippen molar-refractivity contribution in [3.63, 3.8) is 0 Å². The zero-order valence-electron chi connectivity index (χ0n) is 13.9. The first-order chi connectivity index (χ1) is 10.7. The largest absolute Gasteiger partial charge is 0.359 e. The van der Waals surface area contributed by atoms with Crippen molar-refractivity contribution >= 4 is 12.4 Å². The minimum absolute atomic E-state index is 0. The van der Waals surface area contributed by atoms with Crippen molar-refractivity contribution in [2.24, 2.45) is 5.92 Å². The highest BCUT2D eigenvalue weighted by molar-refractivity contribution is 5.85. The lowest BCUT2D eigenvalue weighted by Crippen LogP contribution is -2.38. The maximum absolute atomic E-state index is 5.54. The van der Waals surface area contributed by atoms with Crippen molar-refractivity contribution in [3.05, 3.63) is 41.7 Å². The number of piperidine rings is 1. The summed E-state index contributed by atoms with van der Waals surface area (Å²) in [5.41, 5.74) is 3.31. The van der Waals surface area contributed by atoms with Crippen molar-refractivity contribution < 1.29 is 4.52 Å². The quantitative estimate of drug-likeness (QED) is 0.908. The van der Waals surface area contributed by atoms with Gasteiger partial charge >= 0.3 is 0 Å². The Morgan fingerprint density at radius 2 is 2.09 bits per heavy atom. The lowest BCUT2D eigenvalue weighted by Gasteiger charge is -2.31. The molecule has 3 rings (SSSR count). The summed E-state index contributed by atoms with van der Waals surface area (Å²) < 4.78 is 5.54. The molecule has 2 aromatic rings. The average Bonchev–Trinajstić information content (AvgIpc) is 2.97. The molecule has 0 spiro atoms. The van der Waals surface area contributed by atoms with Gasteiger partial charge in [-0.2, -0.15) is 0 Å². The summed E-state index contributed by atoms with van der Waals surface area (Å²) in [6, 6.07) is 10.5. The molecule has 4 nitrogen and oxygen atoms in total. The lowest BCUT2D eigenvalue weighted by molar-refractivity contribution is 0.152. The Hall–Kier alpha value is -1.36. The molecule has 1 N–H and O–H groups in total. The van der Waals surface area contributed by atoms with Crippen LogP contribution in [0.4, 0.5) is 0 Å². The normalized spacial score (nSPS) is 18.6. The van der Waals surface area contributed by atoms with Gasteiger partial charge in [-0.25, -0.2) is 0 Å². The van der Waals surface area contributed by atoms with Crippen molar-refractivity contribution in [3.8, 4) is 11.3 Å². The Morgan fingerprint density at radius 3 is 2.83 bits per heavy atom. The number of halogens is 1. The fourth-order valence-corrected chi connectivity index (χ4v) is 3.22. The number of rotatable bonds is 5. The van der Waals surface area contributed by atoms with Gasteiger partial charge in [0, 0.05) is 18.2 Å². The zero-order chi connectivity index (χ0) is 15.4. The van der Waals surface area contributed by atoms with Crippen LogP contribution in [0, 0.1) is 12.8 Å². The first-order valence-electron chi connectivity index (χ1n) is 8.14. The Morgan fingerprint density at radius 1 is 1.30 bits per heavy atom. The molecule has 23 heavy (non-hydrogen) atoms. The molecule has 1 fully saturated rings. The summed E-state index contributed by atoms with van der Waals surface area (Å²) in [4.78, 5) is 2.48. The van der Waals surface area contributed by atoms with Gasteiger partial charge in [0.05, 0.1) is 6.54 Å². The number of likely N-dealkylation sites (tertiary alicyclic amines) is 1.